The largest absolute Gasteiger partial charge is 0.416 e. The summed E-state index contributed by atoms with van der Waals surface area (Å²) in [6.45, 7) is 1.69. The number of piperazine rings is 1. The summed E-state index contributed by atoms with van der Waals surface area (Å²) in [4.78, 5) is 29.9. The van der Waals surface area contributed by atoms with Gasteiger partial charge in [-0.3, -0.25) is 9.59 Å². The van der Waals surface area contributed by atoms with E-state index in [1.165, 1.54) is 12.1 Å². The van der Waals surface area contributed by atoms with Gasteiger partial charge in [0.15, 0.2) is 0 Å². The molecular formula is C21H17ClF3N3O2. The molecule has 4 rings (SSSR count). The molecular weight excluding hydrogens is 419 g/mol. The number of anilines is 2. The molecule has 0 aromatic heterocycles. The molecule has 0 aliphatic carbocycles. The van der Waals surface area contributed by atoms with Crippen LogP contribution >= 0.6 is 11.6 Å². The van der Waals surface area contributed by atoms with E-state index in [9.17, 15) is 22.8 Å². The van der Waals surface area contributed by atoms with Crippen molar-refractivity contribution in [2.45, 2.75) is 6.18 Å². The first-order chi connectivity index (χ1) is 14.2. The van der Waals surface area contributed by atoms with Crippen LogP contribution in [0.15, 0.2) is 60.3 Å². The van der Waals surface area contributed by atoms with E-state index in [0.717, 1.165) is 17.0 Å². The minimum atomic E-state index is -4.40. The van der Waals surface area contributed by atoms with E-state index in [1.54, 1.807) is 35.2 Å². The number of carbonyl (C=O) groups is 2. The summed E-state index contributed by atoms with van der Waals surface area (Å²) >= 11 is 5.86. The summed E-state index contributed by atoms with van der Waals surface area (Å²) in [6, 6.07) is 11.6. The average Bonchev–Trinajstić information content (AvgIpc) is 3.02. The second-order valence-corrected chi connectivity index (χ2v) is 7.44. The van der Waals surface area contributed by atoms with E-state index in [0.29, 0.717) is 48.3 Å². The van der Waals surface area contributed by atoms with Crippen molar-refractivity contribution in [3.05, 3.63) is 70.9 Å². The fraction of sp³-hybridized carbons (Fsp3) is 0.238. The number of hydrogen-bond donors (Lipinski definition) is 0. The van der Waals surface area contributed by atoms with Gasteiger partial charge in [0.05, 0.1) is 11.3 Å². The Morgan fingerprint density at radius 1 is 0.833 bits per heavy atom. The van der Waals surface area contributed by atoms with Crippen LogP contribution < -0.4 is 9.80 Å². The van der Waals surface area contributed by atoms with E-state index in [1.807, 2.05) is 4.90 Å². The van der Waals surface area contributed by atoms with Crippen molar-refractivity contribution < 1.29 is 22.8 Å². The molecule has 30 heavy (non-hydrogen) atoms. The minimum Gasteiger partial charge on any atom is -0.368 e. The van der Waals surface area contributed by atoms with Crippen molar-refractivity contribution in [3.63, 3.8) is 0 Å². The fourth-order valence-electron chi connectivity index (χ4n) is 3.60. The average molecular weight is 436 g/mol. The van der Waals surface area contributed by atoms with Gasteiger partial charge in [-0.15, -0.1) is 0 Å². The van der Waals surface area contributed by atoms with E-state index in [4.69, 9.17) is 11.6 Å². The fourth-order valence-corrected chi connectivity index (χ4v) is 3.73. The number of imide groups is 1. The third-order valence-electron chi connectivity index (χ3n) is 5.15. The third-order valence-corrected chi connectivity index (χ3v) is 5.40. The Hall–Kier alpha value is -3.00. The van der Waals surface area contributed by atoms with E-state index in [-0.39, 0.29) is 0 Å². The summed E-state index contributed by atoms with van der Waals surface area (Å²) in [7, 11) is 0. The van der Waals surface area contributed by atoms with Crippen LogP contribution in [0.1, 0.15) is 5.56 Å². The first-order valence-electron chi connectivity index (χ1n) is 9.27. The van der Waals surface area contributed by atoms with Gasteiger partial charge in [0.1, 0.15) is 5.70 Å². The van der Waals surface area contributed by atoms with Crippen molar-refractivity contribution >= 4 is 34.8 Å². The quantitative estimate of drug-likeness (QED) is 0.685. The number of alkyl halides is 3. The highest BCUT2D eigenvalue weighted by atomic mass is 35.5. The van der Waals surface area contributed by atoms with Crippen LogP contribution in [0.5, 0.6) is 0 Å². The minimum absolute atomic E-state index is 0.290. The Balaban J connectivity index is 1.45. The van der Waals surface area contributed by atoms with Gasteiger partial charge in [-0.2, -0.15) is 13.2 Å². The van der Waals surface area contributed by atoms with Crippen molar-refractivity contribution in [2.24, 2.45) is 0 Å². The monoisotopic (exact) mass is 435 g/mol. The Bertz CT molecular complexity index is 1010. The predicted molar refractivity (Wildman–Crippen MR) is 107 cm³/mol. The topological polar surface area (TPSA) is 43.9 Å². The summed E-state index contributed by atoms with van der Waals surface area (Å²) < 4.78 is 38.9. The molecule has 2 aromatic carbocycles. The molecule has 2 aliphatic heterocycles. The summed E-state index contributed by atoms with van der Waals surface area (Å²) in [5.74, 6) is -0.854. The van der Waals surface area contributed by atoms with Crippen LogP contribution in [0.25, 0.3) is 0 Å². The molecule has 9 heteroatoms. The molecule has 0 bridgehead atoms. The Morgan fingerprint density at radius 3 is 2.10 bits per heavy atom. The molecule has 0 atom stereocenters. The van der Waals surface area contributed by atoms with Crippen LogP contribution in [0, 0.1) is 0 Å². The molecule has 1 saturated heterocycles. The van der Waals surface area contributed by atoms with Crippen LogP contribution in [-0.2, 0) is 15.8 Å². The Kier molecular flexibility index (Phi) is 5.19. The number of rotatable bonds is 3. The number of benzene rings is 2. The van der Waals surface area contributed by atoms with E-state index >= 15 is 0 Å². The van der Waals surface area contributed by atoms with Crippen molar-refractivity contribution in [1.82, 2.24) is 4.90 Å². The molecule has 1 fully saturated rings. The number of carbonyl (C=O) groups excluding carboxylic acids is 2. The Morgan fingerprint density at radius 2 is 1.47 bits per heavy atom. The molecule has 156 valence electrons. The lowest BCUT2D eigenvalue weighted by molar-refractivity contribution is -0.137. The zero-order valence-corrected chi connectivity index (χ0v) is 16.5. The molecule has 2 aliphatic rings. The highest BCUT2D eigenvalue weighted by Gasteiger charge is 2.36. The van der Waals surface area contributed by atoms with Gasteiger partial charge >= 0.3 is 6.18 Å². The molecule has 0 saturated carbocycles. The van der Waals surface area contributed by atoms with Crippen LogP contribution in [-0.4, -0.2) is 42.9 Å². The van der Waals surface area contributed by atoms with Gasteiger partial charge in [-0.25, -0.2) is 4.90 Å². The zero-order chi connectivity index (χ0) is 21.5. The molecule has 0 radical (unpaired) electrons. The van der Waals surface area contributed by atoms with E-state index in [2.05, 4.69) is 0 Å². The van der Waals surface area contributed by atoms with Gasteiger partial charge in [-0.1, -0.05) is 17.7 Å². The molecule has 5 nitrogen and oxygen atoms in total. The van der Waals surface area contributed by atoms with Crippen molar-refractivity contribution in [2.75, 3.05) is 36.0 Å². The molecule has 0 unspecified atom stereocenters. The number of amides is 2. The first kappa shape index (κ1) is 20.3. The first-order valence-corrected chi connectivity index (χ1v) is 9.65. The number of nitrogens with zero attached hydrogens (tertiary/aromatic N) is 3. The van der Waals surface area contributed by atoms with Gasteiger partial charge in [0.25, 0.3) is 11.8 Å². The lowest BCUT2D eigenvalue weighted by Gasteiger charge is -2.37. The Labute approximate surface area is 175 Å². The molecule has 0 spiro atoms. The highest BCUT2D eigenvalue weighted by molar-refractivity contribution is 6.32. The molecule has 2 amide bonds. The van der Waals surface area contributed by atoms with Crippen molar-refractivity contribution in [1.29, 1.82) is 0 Å². The summed E-state index contributed by atoms with van der Waals surface area (Å²) in [5, 5.41) is 0.497. The number of halogens is 4. The summed E-state index contributed by atoms with van der Waals surface area (Å²) in [5.41, 5.74) is 0.511. The zero-order valence-electron chi connectivity index (χ0n) is 15.7. The maximum Gasteiger partial charge on any atom is 0.416 e. The van der Waals surface area contributed by atoms with E-state index < -0.39 is 23.6 Å². The SMILES string of the molecule is O=C1C=C(N2CCN(c3cccc(C(F)(F)F)c3)CC2)C(=O)N1c1ccc(Cl)cc1. The predicted octanol–water partition coefficient (Wildman–Crippen LogP) is 3.94. The second-order valence-electron chi connectivity index (χ2n) is 7.01. The molecule has 0 N–H and O–H groups in total. The normalized spacial score (nSPS) is 17.6. The smallest absolute Gasteiger partial charge is 0.368 e. The van der Waals surface area contributed by atoms with Gasteiger partial charge in [0, 0.05) is 43.0 Å². The maximum absolute atomic E-state index is 13.0. The second kappa shape index (κ2) is 7.68. The lowest BCUT2D eigenvalue weighted by atomic mass is 10.1. The lowest BCUT2D eigenvalue weighted by Crippen LogP contribution is -2.47. The van der Waals surface area contributed by atoms with Crippen LogP contribution in [0.3, 0.4) is 0 Å². The molecule has 2 heterocycles. The van der Waals surface area contributed by atoms with Gasteiger partial charge in [0.2, 0.25) is 0 Å². The van der Waals surface area contributed by atoms with Crippen molar-refractivity contribution in [3.8, 4) is 0 Å². The highest BCUT2D eigenvalue weighted by Crippen LogP contribution is 2.32. The molecule has 2 aromatic rings. The summed E-state index contributed by atoms with van der Waals surface area (Å²) in [6.07, 6.45) is -3.10. The van der Waals surface area contributed by atoms with Crippen LogP contribution in [0.4, 0.5) is 24.5 Å². The van der Waals surface area contributed by atoms with Gasteiger partial charge in [-0.05, 0) is 42.5 Å². The standard InChI is InChI=1S/C21H17ClF3N3O2/c22-15-4-6-16(7-5-15)28-19(29)13-18(20(28)30)27-10-8-26(9-11-27)17-3-1-2-14(12-17)21(23,24)25/h1-7,12-13H,8-11H2. The third kappa shape index (κ3) is 3.87. The van der Waals surface area contributed by atoms with Crippen LogP contribution in [0.2, 0.25) is 5.02 Å². The van der Waals surface area contributed by atoms with Gasteiger partial charge < -0.3 is 9.80 Å². The number of hydrogen-bond acceptors (Lipinski definition) is 4. The maximum atomic E-state index is 13.0.